The van der Waals surface area contributed by atoms with Crippen molar-refractivity contribution in [1.29, 1.82) is 0 Å². The number of carboxylic acid groups (broad SMARTS) is 1. The Morgan fingerprint density at radius 1 is 1.08 bits per heavy atom. The standard InChI is InChI=1S/C18H18N4O3/c1-11(9-16(23)24)12-5-7-14(8-6-12)21-17(25)13-3-2-4-15(10-13)22-18(19)20/h2-10H,1H3,(H,21,25)(H,23,24)(H4,19,20,22)/b11-9+. The maximum atomic E-state index is 12.3. The van der Waals surface area contributed by atoms with E-state index in [4.69, 9.17) is 16.6 Å². The minimum absolute atomic E-state index is 0.0852. The van der Waals surface area contributed by atoms with E-state index in [-0.39, 0.29) is 11.9 Å². The summed E-state index contributed by atoms with van der Waals surface area (Å²) in [6, 6.07) is 13.5. The summed E-state index contributed by atoms with van der Waals surface area (Å²) in [6.45, 7) is 1.71. The van der Waals surface area contributed by atoms with Crippen molar-refractivity contribution in [3.05, 3.63) is 65.7 Å². The topological polar surface area (TPSA) is 131 Å². The lowest BCUT2D eigenvalue weighted by Gasteiger charge is -2.07. The van der Waals surface area contributed by atoms with Gasteiger partial charge in [0.2, 0.25) is 0 Å². The predicted molar refractivity (Wildman–Crippen MR) is 97.6 cm³/mol. The number of carbonyl (C=O) groups excluding carboxylic acids is 1. The molecule has 0 spiro atoms. The lowest BCUT2D eigenvalue weighted by atomic mass is 10.1. The summed E-state index contributed by atoms with van der Waals surface area (Å²) in [6.07, 6.45) is 1.13. The van der Waals surface area contributed by atoms with Crippen LogP contribution in [0.2, 0.25) is 0 Å². The molecular weight excluding hydrogens is 320 g/mol. The summed E-state index contributed by atoms with van der Waals surface area (Å²) in [5.41, 5.74) is 13.5. The van der Waals surface area contributed by atoms with Crippen LogP contribution in [0.15, 0.2) is 59.6 Å². The number of anilines is 1. The number of hydrogen-bond acceptors (Lipinski definition) is 3. The number of aliphatic imine (C=N–C) groups is 1. The normalized spacial score (nSPS) is 10.8. The largest absolute Gasteiger partial charge is 0.478 e. The van der Waals surface area contributed by atoms with Gasteiger partial charge in [-0.05, 0) is 48.4 Å². The van der Waals surface area contributed by atoms with Crippen LogP contribution in [0.25, 0.3) is 5.57 Å². The van der Waals surface area contributed by atoms with Crippen LogP contribution in [0.5, 0.6) is 0 Å². The molecule has 6 N–H and O–H groups in total. The van der Waals surface area contributed by atoms with E-state index in [1.165, 1.54) is 0 Å². The number of nitrogens with two attached hydrogens (primary N) is 2. The van der Waals surface area contributed by atoms with Crippen molar-refractivity contribution in [3.63, 3.8) is 0 Å². The smallest absolute Gasteiger partial charge is 0.328 e. The molecule has 2 rings (SSSR count). The summed E-state index contributed by atoms with van der Waals surface area (Å²) >= 11 is 0. The maximum absolute atomic E-state index is 12.3. The number of benzene rings is 2. The first-order chi connectivity index (χ1) is 11.8. The van der Waals surface area contributed by atoms with Crippen molar-refractivity contribution < 1.29 is 14.7 Å². The summed E-state index contributed by atoms with van der Waals surface area (Å²) in [7, 11) is 0. The van der Waals surface area contributed by atoms with E-state index >= 15 is 0 Å². The van der Waals surface area contributed by atoms with Gasteiger partial charge in [0.1, 0.15) is 0 Å². The number of carboxylic acids is 1. The lowest BCUT2D eigenvalue weighted by Crippen LogP contribution is -2.21. The fourth-order valence-electron chi connectivity index (χ4n) is 2.15. The highest BCUT2D eigenvalue weighted by Crippen LogP contribution is 2.19. The minimum atomic E-state index is -1.00. The second kappa shape index (κ2) is 7.78. The van der Waals surface area contributed by atoms with Crippen molar-refractivity contribution in [2.75, 3.05) is 5.32 Å². The molecule has 0 aliphatic heterocycles. The van der Waals surface area contributed by atoms with Gasteiger partial charge in [-0.3, -0.25) is 4.79 Å². The van der Waals surface area contributed by atoms with Crippen molar-refractivity contribution in [3.8, 4) is 0 Å². The molecule has 0 heterocycles. The molecule has 0 aromatic heterocycles. The Bertz CT molecular complexity index is 851. The fourth-order valence-corrected chi connectivity index (χ4v) is 2.15. The van der Waals surface area contributed by atoms with Gasteiger partial charge in [-0.25, -0.2) is 9.79 Å². The number of aliphatic carboxylic acids is 1. The van der Waals surface area contributed by atoms with Gasteiger partial charge in [0.05, 0.1) is 5.69 Å². The third kappa shape index (κ3) is 5.21. The molecule has 0 saturated heterocycles. The van der Waals surface area contributed by atoms with Crippen molar-refractivity contribution in [1.82, 2.24) is 0 Å². The van der Waals surface area contributed by atoms with Crippen LogP contribution in [0.3, 0.4) is 0 Å². The van der Waals surface area contributed by atoms with Gasteiger partial charge in [-0.15, -0.1) is 0 Å². The molecule has 2 aromatic carbocycles. The molecule has 0 saturated carbocycles. The SMILES string of the molecule is C/C(=C\C(=O)O)c1ccc(NC(=O)c2cccc(N=C(N)N)c2)cc1. The molecule has 0 aliphatic rings. The van der Waals surface area contributed by atoms with Crippen LogP contribution >= 0.6 is 0 Å². The lowest BCUT2D eigenvalue weighted by molar-refractivity contribution is -0.131. The molecule has 0 atom stereocenters. The van der Waals surface area contributed by atoms with E-state index in [2.05, 4.69) is 10.3 Å². The average Bonchev–Trinajstić information content (AvgIpc) is 2.54. The van der Waals surface area contributed by atoms with Crippen LogP contribution in [0.4, 0.5) is 11.4 Å². The van der Waals surface area contributed by atoms with E-state index in [9.17, 15) is 9.59 Å². The monoisotopic (exact) mass is 338 g/mol. The molecule has 2 aromatic rings. The molecule has 128 valence electrons. The number of hydrogen-bond donors (Lipinski definition) is 4. The Kier molecular flexibility index (Phi) is 5.52. The van der Waals surface area contributed by atoms with E-state index in [0.717, 1.165) is 11.6 Å². The van der Waals surface area contributed by atoms with Crippen LogP contribution in [0, 0.1) is 0 Å². The van der Waals surface area contributed by atoms with Crippen LogP contribution < -0.4 is 16.8 Å². The highest BCUT2D eigenvalue weighted by Gasteiger charge is 2.07. The van der Waals surface area contributed by atoms with Gasteiger partial charge >= 0.3 is 5.97 Å². The highest BCUT2D eigenvalue weighted by atomic mass is 16.4. The van der Waals surface area contributed by atoms with Gasteiger partial charge in [-0.2, -0.15) is 0 Å². The van der Waals surface area contributed by atoms with Gasteiger partial charge < -0.3 is 21.9 Å². The molecule has 0 unspecified atom stereocenters. The molecule has 0 fully saturated rings. The number of allylic oxidation sites excluding steroid dienone is 1. The summed E-state index contributed by atoms with van der Waals surface area (Å²) in [5.74, 6) is -1.40. The van der Waals surface area contributed by atoms with Crippen LogP contribution in [0.1, 0.15) is 22.8 Å². The second-order valence-corrected chi connectivity index (χ2v) is 5.28. The molecule has 7 nitrogen and oxygen atoms in total. The van der Waals surface area contributed by atoms with Crippen LogP contribution in [-0.2, 0) is 4.79 Å². The number of nitrogens with one attached hydrogen (secondary N) is 1. The molecule has 7 heteroatoms. The Hall–Kier alpha value is -3.61. The van der Waals surface area contributed by atoms with Gasteiger partial charge in [0, 0.05) is 17.3 Å². The van der Waals surface area contributed by atoms with Crippen molar-refractivity contribution >= 4 is 34.8 Å². The first kappa shape index (κ1) is 17.7. The van der Waals surface area contributed by atoms with Crippen molar-refractivity contribution in [2.24, 2.45) is 16.5 Å². The molecule has 25 heavy (non-hydrogen) atoms. The first-order valence-corrected chi connectivity index (χ1v) is 7.38. The van der Waals surface area contributed by atoms with Gasteiger partial charge in [0.15, 0.2) is 5.96 Å². The van der Waals surface area contributed by atoms with Crippen molar-refractivity contribution in [2.45, 2.75) is 6.92 Å². The first-order valence-electron chi connectivity index (χ1n) is 7.38. The third-order valence-electron chi connectivity index (χ3n) is 3.30. The zero-order chi connectivity index (χ0) is 18.4. The average molecular weight is 338 g/mol. The number of guanidine groups is 1. The van der Waals surface area contributed by atoms with Crippen LogP contribution in [-0.4, -0.2) is 22.9 Å². The highest BCUT2D eigenvalue weighted by molar-refractivity contribution is 6.05. The zero-order valence-corrected chi connectivity index (χ0v) is 13.6. The Balaban J connectivity index is 2.13. The van der Waals surface area contributed by atoms with E-state index in [1.807, 2.05) is 0 Å². The quantitative estimate of drug-likeness (QED) is 0.377. The molecule has 1 amide bonds. The number of carbonyl (C=O) groups is 2. The Labute approximate surface area is 144 Å². The van der Waals surface area contributed by atoms with Gasteiger partial charge in [0.25, 0.3) is 5.91 Å². The fraction of sp³-hybridized carbons (Fsp3) is 0.0556. The molecule has 0 aliphatic carbocycles. The predicted octanol–water partition coefficient (Wildman–Crippen LogP) is 2.33. The van der Waals surface area contributed by atoms with Gasteiger partial charge in [-0.1, -0.05) is 18.2 Å². The summed E-state index contributed by atoms with van der Waals surface area (Å²) in [5, 5.41) is 11.5. The summed E-state index contributed by atoms with van der Waals surface area (Å²) in [4.78, 5) is 26.9. The second-order valence-electron chi connectivity index (χ2n) is 5.28. The Morgan fingerprint density at radius 3 is 2.36 bits per heavy atom. The molecular formula is C18H18N4O3. The zero-order valence-electron chi connectivity index (χ0n) is 13.6. The molecule has 0 bridgehead atoms. The third-order valence-corrected chi connectivity index (χ3v) is 3.30. The summed E-state index contributed by atoms with van der Waals surface area (Å²) < 4.78 is 0. The maximum Gasteiger partial charge on any atom is 0.328 e. The number of amides is 1. The van der Waals surface area contributed by atoms with E-state index < -0.39 is 5.97 Å². The number of rotatable bonds is 5. The van der Waals surface area contributed by atoms with E-state index in [0.29, 0.717) is 22.5 Å². The molecule has 0 radical (unpaired) electrons. The van der Waals surface area contributed by atoms with E-state index in [1.54, 1.807) is 55.5 Å². The number of nitrogens with zero attached hydrogens (tertiary/aromatic N) is 1. The minimum Gasteiger partial charge on any atom is -0.478 e. The Morgan fingerprint density at radius 2 is 1.76 bits per heavy atom.